The number of rotatable bonds is 16. The third kappa shape index (κ3) is 16.9. The third-order valence-corrected chi connectivity index (χ3v) is 7.96. The maximum Gasteiger partial charge on any atom is 0.461 e. The highest BCUT2D eigenvalue weighted by Crippen LogP contribution is 2.16. The minimum Gasteiger partial charge on any atom is -0.501 e. The van der Waals surface area contributed by atoms with Gasteiger partial charge in [-0.25, -0.2) is 0 Å². The molecular weight excluding hydrogens is 283 g/mol. The first-order valence-corrected chi connectivity index (χ1v) is 12.3. The Morgan fingerprint density at radius 1 is 0.636 bits per heavy atom. The zero-order chi connectivity index (χ0) is 16.6. The number of hydrogen-bond donors (Lipinski definition) is 0. The molecule has 0 unspecified atom stereocenters. The molecule has 22 heavy (non-hydrogen) atoms. The van der Waals surface area contributed by atoms with Gasteiger partial charge in [-0.1, -0.05) is 115 Å². The average molecular weight is 327 g/mol. The first-order valence-electron chi connectivity index (χ1n) is 10.2. The van der Waals surface area contributed by atoms with Crippen molar-refractivity contribution in [2.45, 2.75) is 109 Å². The van der Waals surface area contributed by atoms with Crippen molar-refractivity contribution in [2.75, 3.05) is 6.61 Å². The van der Waals surface area contributed by atoms with Gasteiger partial charge in [0.2, 0.25) is 0 Å². The van der Waals surface area contributed by atoms with Crippen LogP contribution in [0.15, 0.2) is 0 Å². The minimum absolute atomic E-state index is 0.808. The van der Waals surface area contributed by atoms with Crippen LogP contribution >= 0.6 is 0 Å². The van der Waals surface area contributed by atoms with Crippen molar-refractivity contribution in [1.29, 1.82) is 0 Å². The Kier molecular flexibility index (Phi) is 16.7. The van der Waals surface area contributed by atoms with E-state index in [1.54, 1.807) is 0 Å². The molecule has 1 nitrogen and oxygen atoms in total. The number of hydrogen-bond acceptors (Lipinski definition) is 1. The number of unbranched alkanes of at least 4 members (excludes halogenated alkanes) is 9. The molecule has 0 rings (SSSR count). The summed E-state index contributed by atoms with van der Waals surface area (Å²) in [6.07, 6.45) is 14.1. The van der Waals surface area contributed by atoms with Crippen LogP contribution in [-0.2, 0) is 3.79 Å². The maximum atomic E-state index is 6.27. The van der Waals surface area contributed by atoms with E-state index in [0.29, 0.717) is 0 Å². The van der Waals surface area contributed by atoms with Gasteiger partial charge in [-0.3, -0.25) is 0 Å². The Balaban J connectivity index is 3.41. The summed E-state index contributed by atoms with van der Waals surface area (Å²) in [5, 5.41) is 2.71. The third-order valence-electron chi connectivity index (χ3n) is 4.32. The second kappa shape index (κ2) is 16.4. The van der Waals surface area contributed by atoms with E-state index in [0.717, 1.165) is 18.4 Å². The van der Waals surface area contributed by atoms with Gasteiger partial charge in [-0.15, -0.1) is 0 Å². The average Bonchev–Trinajstić information content (AvgIpc) is 2.43. The van der Waals surface area contributed by atoms with Crippen LogP contribution in [0, 0.1) is 11.8 Å². The van der Waals surface area contributed by atoms with Crippen molar-refractivity contribution in [3.8, 4) is 0 Å². The van der Waals surface area contributed by atoms with Crippen LogP contribution in [0.5, 0.6) is 0 Å². The second-order valence-corrected chi connectivity index (χ2v) is 10.5. The van der Waals surface area contributed by atoms with E-state index in [9.17, 15) is 0 Å². The van der Waals surface area contributed by atoms with Crippen LogP contribution in [0.1, 0.15) is 98.8 Å². The summed E-state index contributed by atoms with van der Waals surface area (Å²) in [5.41, 5.74) is 0. The zero-order valence-electron chi connectivity index (χ0n) is 16.3. The Labute approximate surface area is 146 Å². The second-order valence-electron chi connectivity index (χ2n) is 7.93. The molecule has 0 aromatic rings. The topological polar surface area (TPSA) is 9.23 Å². The lowest BCUT2D eigenvalue weighted by atomic mass is 10.1. The zero-order valence-corrected chi connectivity index (χ0v) is 17.5. The lowest BCUT2D eigenvalue weighted by Crippen LogP contribution is -2.22. The Morgan fingerprint density at radius 2 is 1.05 bits per heavy atom. The molecule has 0 saturated carbocycles. The van der Waals surface area contributed by atoms with Crippen molar-refractivity contribution < 1.29 is 3.79 Å². The highest BCUT2D eigenvalue weighted by Gasteiger charge is 2.22. The van der Waals surface area contributed by atoms with Gasteiger partial charge in [0.25, 0.3) is 0 Å². The molecule has 0 radical (unpaired) electrons. The molecule has 0 aliphatic heterocycles. The lowest BCUT2D eigenvalue weighted by molar-refractivity contribution is 0.298. The summed E-state index contributed by atoms with van der Waals surface area (Å²) in [7, 11) is 0. The van der Waals surface area contributed by atoms with Gasteiger partial charge in [-0.05, 0) is 6.42 Å². The van der Waals surface area contributed by atoms with E-state index in [2.05, 4.69) is 34.6 Å². The van der Waals surface area contributed by atoms with Gasteiger partial charge in [0, 0.05) is 6.61 Å². The normalized spacial score (nSPS) is 11.6. The molecule has 0 saturated heterocycles. The molecule has 0 N–H and O–H groups in total. The monoisotopic (exact) mass is 326 g/mol. The summed E-state index contributed by atoms with van der Waals surface area (Å²) < 4.78 is 6.27. The molecule has 0 spiro atoms. The highest BCUT2D eigenvalue weighted by atomic mass is 27.2. The molecule has 0 aromatic carbocycles. The molecule has 0 heterocycles. The van der Waals surface area contributed by atoms with Crippen LogP contribution in [0.4, 0.5) is 0 Å². The molecular formula is C20H43AlO. The van der Waals surface area contributed by atoms with Gasteiger partial charge in [0.1, 0.15) is 0 Å². The van der Waals surface area contributed by atoms with Gasteiger partial charge >= 0.3 is 14.5 Å². The minimum atomic E-state index is -0.931. The molecule has 0 aliphatic rings. The standard InChI is InChI=1S/C12H25O.2C4H9.Al/c1-2-3-4-5-6-7-8-9-10-11-12-13;2*1-4(2)3;/h2-12H2,1H3;2*4H,1H2,2-3H3;/q-1;;;+1. The fraction of sp³-hybridized carbons (Fsp3) is 1.00. The first kappa shape index (κ1) is 22.5. The van der Waals surface area contributed by atoms with E-state index >= 15 is 0 Å². The van der Waals surface area contributed by atoms with Crippen molar-refractivity contribution in [2.24, 2.45) is 11.8 Å². The Hall–Kier alpha value is 0.492. The van der Waals surface area contributed by atoms with Crippen molar-refractivity contribution >= 4 is 14.5 Å². The Bertz CT molecular complexity index is 206. The molecule has 0 aromatic heterocycles. The van der Waals surface area contributed by atoms with Crippen molar-refractivity contribution in [3.05, 3.63) is 0 Å². The van der Waals surface area contributed by atoms with Crippen LogP contribution in [0.3, 0.4) is 0 Å². The van der Waals surface area contributed by atoms with E-state index in [4.69, 9.17) is 3.79 Å². The van der Waals surface area contributed by atoms with E-state index in [-0.39, 0.29) is 0 Å². The molecule has 0 fully saturated rings. The fourth-order valence-electron chi connectivity index (χ4n) is 3.12. The smallest absolute Gasteiger partial charge is 0.461 e. The molecule has 0 bridgehead atoms. The quantitative estimate of drug-likeness (QED) is 0.215. The van der Waals surface area contributed by atoms with Crippen LogP contribution < -0.4 is 0 Å². The SMILES string of the molecule is CCCCCCCCCCCC[O][Al]([CH2]C(C)C)[CH2]C(C)C. The van der Waals surface area contributed by atoms with E-state index in [1.807, 2.05) is 0 Å². The fourth-order valence-corrected chi connectivity index (χ4v) is 6.19. The Morgan fingerprint density at radius 3 is 1.45 bits per heavy atom. The first-order chi connectivity index (χ1) is 10.6. The summed E-state index contributed by atoms with van der Waals surface area (Å²) in [6, 6.07) is 0. The van der Waals surface area contributed by atoms with Crippen molar-refractivity contribution in [3.63, 3.8) is 0 Å². The predicted octanol–water partition coefficient (Wildman–Crippen LogP) is 7.23. The van der Waals surface area contributed by atoms with Crippen molar-refractivity contribution in [1.82, 2.24) is 0 Å². The van der Waals surface area contributed by atoms with Crippen LogP contribution in [0.2, 0.25) is 10.6 Å². The van der Waals surface area contributed by atoms with E-state index < -0.39 is 14.5 Å². The molecule has 2 heteroatoms. The summed E-state index contributed by atoms with van der Waals surface area (Å²) in [5.74, 6) is 1.62. The van der Waals surface area contributed by atoms with Gasteiger partial charge in [-0.2, -0.15) is 0 Å². The van der Waals surface area contributed by atoms with E-state index in [1.165, 1.54) is 74.8 Å². The predicted molar refractivity (Wildman–Crippen MR) is 103 cm³/mol. The lowest BCUT2D eigenvalue weighted by Gasteiger charge is -2.17. The summed E-state index contributed by atoms with van der Waals surface area (Å²) >= 11 is -0.931. The molecule has 0 amide bonds. The van der Waals surface area contributed by atoms with Crippen LogP contribution in [-0.4, -0.2) is 21.1 Å². The largest absolute Gasteiger partial charge is 0.501 e. The molecule has 0 aliphatic carbocycles. The molecule has 132 valence electrons. The summed E-state index contributed by atoms with van der Waals surface area (Å²) in [4.78, 5) is 0. The maximum absolute atomic E-state index is 6.27. The highest BCUT2D eigenvalue weighted by molar-refractivity contribution is 6.51. The van der Waals surface area contributed by atoms with Crippen LogP contribution in [0.25, 0.3) is 0 Å². The van der Waals surface area contributed by atoms with Gasteiger partial charge in [0.15, 0.2) is 0 Å². The van der Waals surface area contributed by atoms with Gasteiger partial charge in [0.05, 0.1) is 0 Å². The molecule has 0 atom stereocenters. The summed E-state index contributed by atoms with van der Waals surface area (Å²) in [6.45, 7) is 12.7. The van der Waals surface area contributed by atoms with Gasteiger partial charge < -0.3 is 3.79 Å².